The number of aromatic nitrogens is 4. The van der Waals surface area contributed by atoms with Crippen molar-refractivity contribution in [2.75, 3.05) is 11.9 Å². The van der Waals surface area contributed by atoms with Crippen molar-refractivity contribution in [3.05, 3.63) is 59.9 Å². The van der Waals surface area contributed by atoms with Crippen molar-refractivity contribution in [1.29, 1.82) is 0 Å². The van der Waals surface area contributed by atoms with Gasteiger partial charge >= 0.3 is 0 Å². The largest absolute Gasteiger partial charge is 0.484 e. The molecule has 136 valence electrons. The molecule has 2 heterocycles. The fourth-order valence-corrected chi connectivity index (χ4v) is 3.45. The van der Waals surface area contributed by atoms with Crippen LogP contribution < -0.4 is 10.1 Å². The Bertz CT molecular complexity index is 1100. The second-order valence-corrected chi connectivity index (χ2v) is 6.98. The molecule has 0 bridgehead atoms. The molecule has 0 fully saturated rings. The van der Waals surface area contributed by atoms with E-state index in [-0.39, 0.29) is 12.5 Å². The van der Waals surface area contributed by atoms with Crippen molar-refractivity contribution in [3.8, 4) is 16.3 Å². The van der Waals surface area contributed by atoms with Gasteiger partial charge in [0.05, 0.1) is 0 Å². The van der Waals surface area contributed by atoms with E-state index in [0.717, 1.165) is 32.6 Å². The van der Waals surface area contributed by atoms with Gasteiger partial charge in [0.2, 0.25) is 4.96 Å². The van der Waals surface area contributed by atoms with Crippen molar-refractivity contribution in [3.63, 3.8) is 0 Å². The van der Waals surface area contributed by atoms with E-state index in [4.69, 9.17) is 4.74 Å². The Kier molecular flexibility index (Phi) is 4.55. The van der Waals surface area contributed by atoms with Gasteiger partial charge in [-0.05, 0) is 37.6 Å². The van der Waals surface area contributed by atoms with E-state index in [9.17, 15) is 4.79 Å². The minimum absolute atomic E-state index is 0.0520. The molecule has 7 nitrogen and oxygen atoms in total. The number of hydrogen-bond donors (Lipinski definition) is 1. The van der Waals surface area contributed by atoms with Gasteiger partial charge in [-0.3, -0.25) is 4.79 Å². The van der Waals surface area contributed by atoms with Crippen molar-refractivity contribution >= 4 is 27.9 Å². The summed E-state index contributed by atoms with van der Waals surface area (Å²) >= 11 is 1.45. The molecule has 0 aliphatic heterocycles. The molecule has 1 N–H and O–H groups in total. The Labute approximate surface area is 159 Å². The number of fused-ring (bicyclic) bond motifs is 1. The molecule has 8 heteroatoms. The maximum atomic E-state index is 12.3. The van der Waals surface area contributed by atoms with Crippen LogP contribution in [0.5, 0.6) is 5.75 Å². The minimum Gasteiger partial charge on any atom is -0.484 e. The van der Waals surface area contributed by atoms with Crippen molar-refractivity contribution in [2.24, 2.45) is 0 Å². The first kappa shape index (κ1) is 17.2. The molecular formula is C19H17N5O2S. The summed E-state index contributed by atoms with van der Waals surface area (Å²) in [5.74, 6) is 1.19. The summed E-state index contributed by atoms with van der Waals surface area (Å²) in [6.45, 7) is 3.75. The predicted octanol–water partition coefficient (Wildman–Crippen LogP) is 3.49. The number of carbonyl (C=O) groups excluding carboxylic acids is 1. The monoisotopic (exact) mass is 379 g/mol. The normalized spacial score (nSPS) is 10.9. The number of ether oxygens (including phenoxy) is 1. The van der Waals surface area contributed by atoms with E-state index in [1.54, 1.807) is 4.52 Å². The van der Waals surface area contributed by atoms with E-state index in [1.165, 1.54) is 11.3 Å². The third kappa shape index (κ3) is 3.65. The fourth-order valence-electron chi connectivity index (χ4n) is 2.57. The van der Waals surface area contributed by atoms with Gasteiger partial charge in [0.15, 0.2) is 12.4 Å². The zero-order valence-electron chi connectivity index (χ0n) is 14.8. The summed E-state index contributed by atoms with van der Waals surface area (Å²) in [5, 5.41) is 16.4. The molecule has 2 aromatic heterocycles. The maximum Gasteiger partial charge on any atom is 0.262 e. The maximum absolute atomic E-state index is 12.3. The minimum atomic E-state index is -0.215. The number of para-hydroxylation sites is 1. The van der Waals surface area contributed by atoms with Gasteiger partial charge in [0, 0.05) is 11.3 Å². The molecule has 4 aromatic rings. The molecule has 27 heavy (non-hydrogen) atoms. The standard InChI is InChI=1S/C19H17N5O2S/c1-12-8-9-14(18-23-24-13(2)21-22-19(24)27-18)10-16(12)20-17(25)11-26-15-6-4-3-5-7-15/h3-10H,11H2,1-2H3,(H,20,25). The number of nitrogens with one attached hydrogen (secondary N) is 1. The van der Waals surface area contributed by atoms with E-state index in [0.29, 0.717) is 5.75 Å². The number of anilines is 1. The third-order valence-corrected chi connectivity index (χ3v) is 4.97. The Morgan fingerprint density at radius 2 is 1.96 bits per heavy atom. The van der Waals surface area contributed by atoms with Gasteiger partial charge in [-0.25, -0.2) is 0 Å². The Morgan fingerprint density at radius 3 is 2.74 bits per heavy atom. The molecule has 0 spiro atoms. The number of hydrogen-bond acceptors (Lipinski definition) is 6. The second-order valence-electron chi connectivity index (χ2n) is 6.03. The summed E-state index contributed by atoms with van der Waals surface area (Å²) in [5.41, 5.74) is 2.61. The first-order valence-corrected chi connectivity index (χ1v) is 9.19. The van der Waals surface area contributed by atoms with Crippen LogP contribution in [0.1, 0.15) is 11.4 Å². The van der Waals surface area contributed by atoms with Gasteiger partial charge in [0.1, 0.15) is 10.8 Å². The molecule has 0 saturated carbocycles. The molecule has 0 saturated heterocycles. The Morgan fingerprint density at radius 1 is 1.15 bits per heavy atom. The molecular weight excluding hydrogens is 362 g/mol. The summed E-state index contributed by atoms with van der Waals surface area (Å²) in [7, 11) is 0. The molecule has 0 unspecified atom stereocenters. The summed E-state index contributed by atoms with van der Waals surface area (Å²) in [6.07, 6.45) is 0. The molecule has 0 atom stereocenters. The van der Waals surface area contributed by atoms with Crippen LogP contribution in [-0.4, -0.2) is 32.3 Å². The van der Waals surface area contributed by atoms with E-state index >= 15 is 0 Å². The third-order valence-electron chi connectivity index (χ3n) is 4.02. The summed E-state index contributed by atoms with van der Waals surface area (Å²) in [6, 6.07) is 15.1. The van der Waals surface area contributed by atoms with Gasteiger partial charge in [-0.15, -0.1) is 10.2 Å². The summed E-state index contributed by atoms with van der Waals surface area (Å²) in [4.78, 5) is 13.0. The van der Waals surface area contributed by atoms with Crippen LogP contribution in [0.3, 0.4) is 0 Å². The van der Waals surface area contributed by atoms with Crippen molar-refractivity contribution in [1.82, 2.24) is 19.8 Å². The van der Waals surface area contributed by atoms with Crippen LogP contribution in [0, 0.1) is 13.8 Å². The summed E-state index contributed by atoms with van der Waals surface area (Å²) < 4.78 is 7.21. The Hall–Kier alpha value is -3.26. The zero-order chi connectivity index (χ0) is 18.8. The number of rotatable bonds is 5. The lowest BCUT2D eigenvalue weighted by molar-refractivity contribution is -0.118. The molecule has 0 radical (unpaired) electrons. The van der Waals surface area contributed by atoms with E-state index in [1.807, 2.05) is 62.4 Å². The average molecular weight is 379 g/mol. The SMILES string of the molecule is Cc1ccc(-c2nn3c(C)nnc3s2)cc1NC(=O)COc1ccccc1. The number of nitrogens with zero attached hydrogens (tertiary/aromatic N) is 4. The van der Waals surface area contributed by atoms with Crippen LogP contribution in [0.15, 0.2) is 48.5 Å². The topological polar surface area (TPSA) is 81.4 Å². The van der Waals surface area contributed by atoms with Crippen LogP contribution in [0.2, 0.25) is 0 Å². The van der Waals surface area contributed by atoms with Crippen molar-refractivity contribution in [2.45, 2.75) is 13.8 Å². The molecule has 1 amide bonds. The Balaban J connectivity index is 1.51. The highest BCUT2D eigenvalue weighted by Gasteiger charge is 2.13. The molecule has 4 rings (SSSR count). The van der Waals surface area contributed by atoms with Crippen LogP contribution in [0.25, 0.3) is 15.5 Å². The van der Waals surface area contributed by atoms with Gasteiger partial charge in [0.25, 0.3) is 5.91 Å². The lowest BCUT2D eigenvalue weighted by Crippen LogP contribution is -2.20. The number of amides is 1. The molecule has 0 aliphatic rings. The number of benzene rings is 2. The average Bonchev–Trinajstić information content (AvgIpc) is 3.25. The second kappa shape index (κ2) is 7.16. The smallest absolute Gasteiger partial charge is 0.262 e. The van der Waals surface area contributed by atoms with Gasteiger partial charge < -0.3 is 10.1 Å². The van der Waals surface area contributed by atoms with Crippen LogP contribution in [-0.2, 0) is 4.79 Å². The lowest BCUT2D eigenvalue weighted by Gasteiger charge is -2.10. The van der Waals surface area contributed by atoms with Crippen LogP contribution >= 0.6 is 11.3 Å². The fraction of sp³-hybridized carbons (Fsp3) is 0.158. The first-order valence-electron chi connectivity index (χ1n) is 8.38. The molecule has 2 aromatic carbocycles. The predicted molar refractivity (Wildman–Crippen MR) is 104 cm³/mol. The van der Waals surface area contributed by atoms with E-state index in [2.05, 4.69) is 20.6 Å². The lowest BCUT2D eigenvalue weighted by atomic mass is 10.1. The van der Waals surface area contributed by atoms with Crippen LogP contribution in [0.4, 0.5) is 5.69 Å². The number of carbonyl (C=O) groups is 1. The highest BCUT2D eigenvalue weighted by molar-refractivity contribution is 7.19. The zero-order valence-corrected chi connectivity index (χ0v) is 15.7. The van der Waals surface area contributed by atoms with Gasteiger partial charge in [-0.2, -0.15) is 9.61 Å². The molecule has 0 aliphatic carbocycles. The number of aryl methyl sites for hydroxylation is 2. The highest BCUT2D eigenvalue weighted by Crippen LogP contribution is 2.29. The quantitative estimate of drug-likeness (QED) is 0.574. The van der Waals surface area contributed by atoms with E-state index < -0.39 is 0 Å². The van der Waals surface area contributed by atoms with Gasteiger partial charge in [-0.1, -0.05) is 41.7 Å². The highest BCUT2D eigenvalue weighted by atomic mass is 32.1. The first-order chi connectivity index (χ1) is 13.1. The van der Waals surface area contributed by atoms with Crippen molar-refractivity contribution < 1.29 is 9.53 Å².